The SMILES string of the molecule is COC(=O)c1[nH]ccc1-c1cccc(C)c1. The molecule has 0 fully saturated rings. The maximum atomic E-state index is 11.5. The van der Waals surface area contributed by atoms with Gasteiger partial charge in [0.15, 0.2) is 0 Å². The van der Waals surface area contributed by atoms with Crippen LogP contribution >= 0.6 is 0 Å². The average molecular weight is 215 g/mol. The average Bonchev–Trinajstić information content (AvgIpc) is 2.77. The molecule has 0 radical (unpaired) electrons. The van der Waals surface area contributed by atoms with E-state index in [1.54, 1.807) is 6.20 Å². The second-order valence-corrected chi connectivity index (χ2v) is 3.63. The normalized spacial score (nSPS) is 10.1. The van der Waals surface area contributed by atoms with Gasteiger partial charge in [-0.05, 0) is 18.6 Å². The summed E-state index contributed by atoms with van der Waals surface area (Å²) in [7, 11) is 1.38. The van der Waals surface area contributed by atoms with E-state index < -0.39 is 0 Å². The number of H-pyrrole nitrogens is 1. The number of aromatic amines is 1. The fourth-order valence-electron chi connectivity index (χ4n) is 1.69. The maximum Gasteiger partial charge on any atom is 0.355 e. The second kappa shape index (κ2) is 4.23. The van der Waals surface area contributed by atoms with Gasteiger partial charge in [0, 0.05) is 11.8 Å². The van der Waals surface area contributed by atoms with Gasteiger partial charge in [-0.1, -0.05) is 29.8 Å². The molecule has 0 aliphatic heterocycles. The zero-order valence-electron chi connectivity index (χ0n) is 9.28. The van der Waals surface area contributed by atoms with Gasteiger partial charge in [-0.3, -0.25) is 0 Å². The largest absolute Gasteiger partial charge is 0.464 e. The molecule has 0 saturated carbocycles. The summed E-state index contributed by atoms with van der Waals surface area (Å²) in [6.07, 6.45) is 1.74. The Bertz CT molecular complexity index is 514. The molecule has 2 rings (SSSR count). The van der Waals surface area contributed by atoms with E-state index in [0.717, 1.165) is 16.7 Å². The molecule has 0 atom stereocenters. The minimum absolute atomic E-state index is 0.346. The summed E-state index contributed by atoms with van der Waals surface area (Å²) >= 11 is 0. The number of rotatable bonds is 2. The molecule has 1 aromatic carbocycles. The van der Waals surface area contributed by atoms with Gasteiger partial charge < -0.3 is 9.72 Å². The first kappa shape index (κ1) is 10.5. The van der Waals surface area contributed by atoms with Crippen LogP contribution in [0.25, 0.3) is 11.1 Å². The van der Waals surface area contributed by atoms with Crippen LogP contribution in [0.4, 0.5) is 0 Å². The molecule has 3 nitrogen and oxygen atoms in total. The molecule has 2 aromatic rings. The first-order chi connectivity index (χ1) is 7.72. The first-order valence-electron chi connectivity index (χ1n) is 5.05. The van der Waals surface area contributed by atoms with Crippen LogP contribution in [-0.2, 0) is 4.74 Å². The minimum Gasteiger partial charge on any atom is -0.464 e. The Morgan fingerprint density at radius 1 is 1.31 bits per heavy atom. The van der Waals surface area contributed by atoms with Gasteiger partial charge in [-0.15, -0.1) is 0 Å². The summed E-state index contributed by atoms with van der Waals surface area (Å²) in [5.74, 6) is -0.346. The van der Waals surface area contributed by atoms with Crippen molar-refractivity contribution in [2.24, 2.45) is 0 Å². The van der Waals surface area contributed by atoms with E-state index >= 15 is 0 Å². The lowest BCUT2D eigenvalue weighted by Gasteiger charge is -2.03. The number of methoxy groups -OCH3 is 1. The van der Waals surface area contributed by atoms with Crippen molar-refractivity contribution in [1.82, 2.24) is 4.98 Å². The van der Waals surface area contributed by atoms with Gasteiger partial charge in [-0.25, -0.2) is 4.79 Å². The van der Waals surface area contributed by atoms with Crippen molar-refractivity contribution in [2.45, 2.75) is 6.92 Å². The summed E-state index contributed by atoms with van der Waals surface area (Å²) in [5.41, 5.74) is 3.54. The number of hydrogen-bond donors (Lipinski definition) is 1. The smallest absolute Gasteiger partial charge is 0.355 e. The van der Waals surface area contributed by atoms with Gasteiger partial charge in [0.2, 0.25) is 0 Å². The molecule has 0 bridgehead atoms. The molecule has 0 aliphatic carbocycles. The Kier molecular flexibility index (Phi) is 2.77. The van der Waals surface area contributed by atoms with E-state index in [4.69, 9.17) is 4.74 Å². The van der Waals surface area contributed by atoms with Crippen molar-refractivity contribution in [2.75, 3.05) is 7.11 Å². The third-order valence-corrected chi connectivity index (χ3v) is 2.47. The van der Waals surface area contributed by atoms with Crippen molar-refractivity contribution in [1.29, 1.82) is 0 Å². The van der Waals surface area contributed by atoms with Crippen molar-refractivity contribution in [3.8, 4) is 11.1 Å². The van der Waals surface area contributed by atoms with Gasteiger partial charge in [0.05, 0.1) is 7.11 Å². The van der Waals surface area contributed by atoms with Crippen molar-refractivity contribution >= 4 is 5.97 Å². The number of ether oxygens (including phenoxy) is 1. The quantitative estimate of drug-likeness (QED) is 0.783. The van der Waals surface area contributed by atoms with Crippen molar-refractivity contribution in [3.05, 3.63) is 47.8 Å². The third-order valence-electron chi connectivity index (χ3n) is 2.47. The fraction of sp³-hybridized carbons (Fsp3) is 0.154. The van der Waals surface area contributed by atoms with E-state index in [1.165, 1.54) is 7.11 Å². The topological polar surface area (TPSA) is 42.1 Å². The summed E-state index contributed by atoms with van der Waals surface area (Å²) in [5, 5.41) is 0. The predicted molar refractivity (Wildman–Crippen MR) is 62.3 cm³/mol. The molecule has 0 aliphatic rings. The molecule has 1 N–H and O–H groups in total. The van der Waals surface area contributed by atoms with E-state index in [9.17, 15) is 4.79 Å². The predicted octanol–water partition coefficient (Wildman–Crippen LogP) is 2.78. The Morgan fingerprint density at radius 3 is 2.81 bits per heavy atom. The van der Waals surface area contributed by atoms with Gasteiger partial charge in [0.25, 0.3) is 0 Å². The lowest BCUT2D eigenvalue weighted by molar-refractivity contribution is 0.0596. The van der Waals surface area contributed by atoms with Crippen LogP contribution < -0.4 is 0 Å². The molecule has 1 heterocycles. The maximum absolute atomic E-state index is 11.5. The Morgan fingerprint density at radius 2 is 2.12 bits per heavy atom. The molecule has 0 spiro atoms. The highest BCUT2D eigenvalue weighted by Crippen LogP contribution is 2.24. The van der Waals surface area contributed by atoms with E-state index in [1.807, 2.05) is 37.3 Å². The Labute approximate surface area is 94.1 Å². The van der Waals surface area contributed by atoms with Crippen molar-refractivity contribution in [3.63, 3.8) is 0 Å². The lowest BCUT2D eigenvalue weighted by atomic mass is 10.0. The molecule has 0 unspecified atom stereocenters. The Balaban J connectivity index is 2.48. The van der Waals surface area contributed by atoms with Crippen LogP contribution in [0.15, 0.2) is 36.5 Å². The standard InChI is InChI=1S/C13H13NO2/c1-9-4-3-5-10(8-9)11-6-7-14-12(11)13(15)16-2/h3-8,14H,1-2H3. The fourth-order valence-corrected chi connectivity index (χ4v) is 1.69. The first-order valence-corrected chi connectivity index (χ1v) is 5.05. The minimum atomic E-state index is -0.346. The lowest BCUT2D eigenvalue weighted by Crippen LogP contribution is -2.03. The van der Waals surface area contributed by atoms with E-state index in [-0.39, 0.29) is 5.97 Å². The molecule has 3 heteroatoms. The van der Waals surface area contributed by atoms with Gasteiger partial charge >= 0.3 is 5.97 Å². The molecule has 0 amide bonds. The number of aryl methyl sites for hydroxylation is 1. The van der Waals surface area contributed by atoms with E-state index in [0.29, 0.717) is 5.69 Å². The number of nitrogens with one attached hydrogen (secondary N) is 1. The van der Waals surface area contributed by atoms with Crippen LogP contribution in [-0.4, -0.2) is 18.1 Å². The summed E-state index contributed by atoms with van der Waals surface area (Å²) in [6.45, 7) is 2.02. The molecule has 16 heavy (non-hydrogen) atoms. The van der Waals surface area contributed by atoms with E-state index in [2.05, 4.69) is 4.98 Å². The number of carbonyl (C=O) groups excluding carboxylic acids is 1. The number of carbonyl (C=O) groups is 1. The molecule has 0 saturated heterocycles. The third kappa shape index (κ3) is 1.84. The Hall–Kier alpha value is -2.03. The van der Waals surface area contributed by atoms with Crippen LogP contribution in [0.3, 0.4) is 0 Å². The highest BCUT2D eigenvalue weighted by Gasteiger charge is 2.13. The molecule has 82 valence electrons. The van der Waals surface area contributed by atoms with Crippen LogP contribution in [0, 0.1) is 6.92 Å². The van der Waals surface area contributed by atoms with Crippen LogP contribution in [0.2, 0.25) is 0 Å². The highest BCUT2D eigenvalue weighted by molar-refractivity contribution is 5.95. The molecule has 1 aromatic heterocycles. The summed E-state index contributed by atoms with van der Waals surface area (Å²) in [4.78, 5) is 14.4. The zero-order valence-corrected chi connectivity index (χ0v) is 9.28. The monoisotopic (exact) mass is 215 g/mol. The van der Waals surface area contributed by atoms with Gasteiger partial charge in [0.1, 0.15) is 5.69 Å². The number of esters is 1. The van der Waals surface area contributed by atoms with Crippen LogP contribution in [0.5, 0.6) is 0 Å². The summed E-state index contributed by atoms with van der Waals surface area (Å²) in [6, 6.07) is 9.88. The van der Waals surface area contributed by atoms with Crippen molar-refractivity contribution < 1.29 is 9.53 Å². The molecular weight excluding hydrogens is 202 g/mol. The van der Waals surface area contributed by atoms with Gasteiger partial charge in [-0.2, -0.15) is 0 Å². The number of hydrogen-bond acceptors (Lipinski definition) is 2. The second-order valence-electron chi connectivity index (χ2n) is 3.63. The molecular formula is C13H13NO2. The number of benzene rings is 1. The highest BCUT2D eigenvalue weighted by atomic mass is 16.5. The number of aromatic nitrogens is 1. The zero-order chi connectivity index (χ0) is 11.5. The summed E-state index contributed by atoms with van der Waals surface area (Å²) < 4.78 is 4.72. The van der Waals surface area contributed by atoms with Crippen LogP contribution in [0.1, 0.15) is 16.1 Å².